The van der Waals surface area contributed by atoms with Gasteiger partial charge in [-0.1, -0.05) is 30.2 Å². The van der Waals surface area contributed by atoms with Crippen LogP contribution in [-0.4, -0.2) is 68.7 Å². The Morgan fingerprint density at radius 1 is 1.15 bits per heavy atom. The van der Waals surface area contributed by atoms with Gasteiger partial charge in [-0.15, -0.1) is 5.92 Å². The molecule has 176 valence electrons. The molecule has 2 aromatic rings. The number of carbonyl (C=O) groups is 1. The highest BCUT2D eigenvalue weighted by Crippen LogP contribution is 2.26. The maximum absolute atomic E-state index is 13.0. The van der Waals surface area contributed by atoms with Crippen molar-refractivity contribution in [3.05, 3.63) is 59.7 Å². The summed E-state index contributed by atoms with van der Waals surface area (Å²) in [5, 5.41) is 10.5. The Balaban J connectivity index is 1.72. The Hall–Kier alpha value is -2.90. The molecule has 0 spiro atoms. The van der Waals surface area contributed by atoms with Gasteiger partial charge in [-0.3, -0.25) is 14.9 Å². The van der Waals surface area contributed by atoms with Gasteiger partial charge >= 0.3 is 0 Å². The molecule has 8 nitrogen and oxygen atoms in total. The zero-order valence-electron chi connectivity index (χ0n) is 18.5. The van der Waals surface area contributed by atoms with Crippen molar-refractivity contribution >= 4 is 16.2 Å². The van der Waals surface area contributed by atoms with Gasteiger partial charge in [0, 0.05) is 19.6 Å². The van der Waals surface area contributed by atoms with Crippen molar-refractivity contribution in [3.8, 4) is 17.6 Å². The molecular weight excluding hydrogens is 444 g/mol. The lowest BCUT2D eigenvalue weighted by atomic mass is 10.1. The van der Waals surface area contributed by atoms with E-state index >= 15 is 0 Å². The van der Waals surface area contributed by atoms with E-state index < -0.39 is 21.6 Å². The van der Waals surface area contributed by atoms with E-state index in [1.807, 2.05) is 12.1 Å². The van der Waals surface area contributed by atoms with E-state index in [4.69, 9.17) is 9.47 Å². The zero-order chi connectivity index (χ0) is 23.7. The van der Waals surface area contributed by atoms with Crippen LogP contribution in [0.3, 0.4) is 0 Å². The minimum absolute atomic E-state index is 0.0738. The summed E-state index contributed by atoms with van der Waals surface area (Å²) in [4.78, 5) is 13.6. The zero-order valence-corrected chi connectivity index (χ0v) is 19.3. The lowest BCUT2D eigenvalue weighted by Crippen LogP contribution is -2.35. The van der Waals surface area contributed by atoms with Gasteiger partial charge in [-0.05, 0) is 42.3 Å². The minimum atomic E-state index is -3.80. The first-order valence-corrected chi connectivity index (χ1v) is 12.2. The number of hydroxylamine groups is 2. The lowest BCUT2D eigenvalue weighted by molar-refractivity contribution is -0.158. The molecular formula is C24H28N2O6S. The van der Waals surface area contributed by atoms with Crippen LogP contribution in [0.4, 0.5) is 0 Å². The maximum atomic E-state index is 13.0. The van der Waals surface area contributed by atoms with Gasteiger partial charge in [0.25, 0.3) is 0 Å². The van der Waals surface area contributed by atoms with Crippen LogP contribution in [-0.2, 0) is 25.9 Å². The number of nitrogens with zero attached hydrogens (tertiary/aromatic N) is 2. The number of ether oxygens (including phenoxy) is 2. The van der Waals surface area contributed by atoms with Crippen LogP contribution in [0.1, 0.15) is 24.1 Å². The number of morpholine rings is 1. The van der Waals surface area contributed by atoms with Gasteiger partial charge in [0.2, 0.25) is 6.41 Å². The van der Waals surface area contributed by atoms with Crippen LogP contribution in [0.25, 0.3) is 0 Å². The smallest absolute Gasteiger partial charge is 0.233 e. The van der Waals surface area contributed by atoms with Gasteiger partial charge in [0.15, 0.2) is 9.84 Å². The Morgan fingerprint density at radius 3 is 2.42 bits per heavy atom. The maximum Gasteiger partial charge on any atom is 0.233 e. The summed E-state index contributed by atoms with van der Waals surface area (Å²) < 4.78 is 36.8. The molecule has 0 aromatic heterocycles. The quantitative estimate of drug-likeness (QED) is 0.245. The molecule has 0 saturated carbocycles. The molecule has 9 heteroatoms. The van der Waals surface area contributed by atoms with Crippen molar-refractivity contribution < 1.29 is 27.9 Å². The summed E-state index contributed by atoms with van der Waals surface area (Å²) in [5.74, 6) is 5.52. The van der Waals surface area contributed by atoms with E-state index in [1.165, 1.54) is 12.1 Å². The largest absolute Gasteiger partial charge is 0.481 e. The fraction of sp³-hybridized carbons (Fsp3) is 0.375. The van der Waals surface area contributed by atoms with Crippen molar-refractivity contribution in [2.24, 2.45) is 0 Å². The molecule has 0 bridgehead atoms. The molecule has 2 aromatic carbocycles. The summed E-state index contributed by atoms with van der Waals surface area (Å²) in [7, 11) is -3.80. The predicted molar refractivity (Wildman–Crippen MR) is 122 cm³/mol. The first-order valence-electron chi connectivity index (χ1n) is 10.6. The van der Waals surface area contributed by atoms with Crippen LogP contribution in [0.5, 0.6) is 5.75 Å². The summed E-state index contributed by atoms with van der Waals surface area (Å²) in [6.07, 6.45) is 0.216. The summed E-state index contributed by atoms with van der Waals surface area (Å²) in [6.45, 7) is 5.79. The number of rotatable bonds is 10. The average molecular weight is 473 g/mol. The van der Waals surface area contributed by atoms with E-state index in [1.54, 1.807) is 31.2 Å². The van der Waals surface area contributed by atoms with Gasteiger partial charge < -0.3 is 9.47 Å². The Labute approximate surface area is 194 Å². The van der Waals surface area contributed by atoms with E-state index in [0.717, 1.165) is 25.2 Å². The minimum Gasteiger partial charge on any atom is -0.481 e. The number of hydrogen-bond acceptors (Lipinski definition) is 7. The third-order valence-corrected chi connectivity index (χ3v) is 7.09. The third kappa shape index (κ3) is 7.04. The SMILES string of the molecule is CC#CCOc1ccc(S(=O)(=O)CC(c2ccc(CN3CCOCC3)cc2)N(O)C=O)cc1. The molecule has 3 rings (SSSR count). The molecule has 1 amide bonds. The predicted octanol–water partition coefficient (Wildman–Crippen LogP) is 2.28. The van der Waals surface area contributed by atoms with E-state index in [0.29, 0.717) is 29.6 Å². The molecule has 1 heterocycles. The van der Waals surface area contributed by atoms with Gasteiger partial charge in [-0.25, -0.2) is 13.5 Å². The standard InChI is InChI=1S/C24H28N2O6S/c1-2-3-14-32-22-8-10-23(11-9-22)33(29,30)18-24(26(28)19-27)21-6-4-20(5-7-21)17-25-12-15-31-16-13-25/h4-11,19,24,28H,12-18H2,1H3. The second kappa shape index (κ2) is 11.8. The van der Waals surface area contributed by atoms with Crippen LogP contribution in [0.15, 0.2) is 53.4 Å². The van der Waals surface area contributed by atoms with Crippen LogP contribution in [0.2, 0.25) is 0 Å². The topological polar surface area (TPSA) is 96.4 Å². The molecule has 0 aliphatic carbocycles. The molecule has 1 saturated heterocycles. The van der Waals surface area contributed by atoms with Crippen LogP contribution < -0.4 is 4.74 Å². The van der Waals surface area contributed by atoms with Crippen molar-refractivity contribution in [1.82, 2.24) is 9.96 Å². The van der Waals surface area contributed by atoms with Crippen LogP contribution in [0, 0.1) is 11.8 Å². The normalized spacial score (nSPS) is 15.2. The highest BCUT2D eigenvalue weighted by Gasteiger charge is 2.27. The molecule has 1 aliphatic rings. The van der Waals surface area contributed by atoms with Gasteiger partial charge in [0.1, 0.15) is 12.4 Å². The summed E-state index contributed by atoms with van der Waals surface area (Å²) in [6, 6.07) is 12.2. The van der Waals surface area contributed by atoms with E-state index in [-0.39, 0.29) is 17.9 Å². The fourth-order valence-corrected chi connectivity index (χ4v) is 5.00. The van der Waals surface area contributed by atoms with Gasteiger partial charge in [0.05, 0.1) is 29.9 Å². The second-order valence-corrected chi connectivity index (χ2v) is 9.63. The molecule has 33 heavy (non-hydrogen) atoms. The third-order valence-electron chi connectivity index (χ3n) is 5.35. The fourth-order valence-electron chi connectivity index (χ4n) is 3.50. The van der Waals surface area contributed by atoms with Crippen molar-refractivity contribution in [1.29, 1.82) is 0 Å². The molecule has 1 unspecified atom stereocenters. The first-order chi connectivity index (χ1) is 15.9. The monoisotopic (exact) mass is 472 g/mol. The van der Waals surface area contributed by atoms with Crippen LogP contribution >= 0.6 is 0 Å². The van der Waals surface area contributed by atoms with E-state index in [9.17, 15) is 18.4 Å². The summed E-state index contributed by atoms with van der Waals surface area (Å²) >= 11 is 0. The second-order valence-electron chi connectivity index (χ2n) is 7.60. The molecule has 1 atom stereocenters. The molecule has 1 fully saturated rings. The van der Waals surface area contributed by atoms with Gasteiger partial charge in [-0.2, -0.15) is 0 Å². The van der Waals surface area contributed by atoms with Crippen molar-refractivity contribution in [2.75, 3.05) is 38.7 Å². The number of amides is 1. The van der Waals surface area contributed by atoms with Crippen molar-refractivity contribution in [2.45, 2.75) is 24.4 Å². The molecule has 0 radical (unpaired) electrons. The highest BCUT2D eigenvalue weighted by molar-refractivity contribution is 7.91. The average Bonchev–Trinajstić information content (AvgIpc) is 2.84. The first kappa shape index (κ1) is 24.7. The van der Waals surface area contributed by atoms with Crippen molar-refractivity contribution in [3.63, 3.8) is 0 Å². The molecule has 1 N–H and O–H groups in total. The Kier molecular flexibility index (Phi) is 8.86. The summed E-state index contributed by atoms with van der Waals surface area (Å²) in [5.41, 5.74) is 1.58. The number of carbonyl (C=O) groups excluding carboxylic acids is 1. The van der Waals surface area contributed by atoms with E-state index in [2.05, 4.69) is 16.7 Å². The Bertz CT molecular complexity index is 1070. The number of hydrogen-bond donors (Lipinski definition) is 1. The number of sulfone groups is 1. The lowest BCUT2D eigenvalue weighted by Gasteiger charge is -2.27. The Morgan fingerprint density at radius 2 is 1.82 bits per heavy atom. The number of benzene rings is 2. The highest BCUT2D eigenvalue weighted by atomic mass is 32.2. The molecule has 1 aliphatic heterocycles.